The molecule has 36 heavy (non-hydrogen) atoms. The maximum absolute atomic E-state index is 13.7. The Balaban J connectivity index is 1.89. The van der Waals surface area contributed by atoms with Gasteiger partial charge in [0.1, 0.15) is 17.7 Å². The first-order chi connectivity index (χ1) is 17.5. The minimum Gasteiger partial charge on any atom is -0.497 e. The van der Waals surface area contributed by atoms with Crippen molar-refractivity contribution in [3.8, 4) is 17.2 Å². The van der Waals surface area contributed by atoms with E-state index in [1.54, 1.807) is 38.4 Å². The summed E-state index contributed by atoms with van der Waals surface area (Å²) in [6.07, 6.45) is 7.01. The van der Waals surface area contributed by atoms with Gasteiger partial charge in [0.15, 0.2) is 11.5 Å². The molecule has 1 unspecified atom stereocenters. The lowest BCUT2D eigenvalue weighted by Gasteiger charge is -2.32. The number of alkyl halides is 1. The molecule has 1 aliphatic carbocycles. The number of hydrogen-bond acceptors (Lipinski definition) is 5. The summed E-state index contributed by atoms with van der Waals surface area (Å²) in [7, 11) is 4.77. The fraction of sp³-hybridized carbons (Fsp3) is 0.500. The first kappa shape index (κ1) is 27.7. The van der Waals surface area contributed by atoms with Crippen molar-refractivity contribution in [3.05, 3.63) is 53.6 Å². The van der Waals surface area contributed by atoms with Crippen LogP contribution in [-0.4, -0.2) is 56.5 Å². The Kier molecular flexibility index (Phi) is 10.7. The molecule has 0 bridgehead atoms. The van der Waals surface area contributed by atoms with Crippen LogP contribution in [0.25, 0.3) is 0 Å². The molecule has 1 aliphatic rings. The number of benzene rings is 2. The van der Waals surface area contributed by atoms with Crippen LogP contribution in [0.15, 0.2) is 42.5 Å². The highest BCUT2D eigenvalue weighted by Crippen LogP contribution is 2.29. The normalized spacial score (nSPS) is 14.9. The average molecular weight is 517 g/mol. The minimum atomic E-state index is -0.800. The summed E-state index contributed by atoms with van der Waals surface area (Å²) >= 11 is 6.03. The number of carbonyl (C=O) groups excluding carboxylic acids is 2. The number of nitrogens with one attached hydrogen (secondary N) is 1. The van der Waals surface area contributed by atoms with Gasteiger partial charge in [-0.2, -0.15) is 0 Å². The van der Waals surface area contributed by atoms with E-state index >= 15 is 0 Å². The van der Waals surface area contributed by atoms with E-state index < -0.39 is 6.04 Å². The minimum absolute atomic E-state index is 0.111. The van der Waals surface area contributed by atoms with Gasteiger partial charge in [0.2, 0.25) is 11.8 Å². The zero-order chi connectivity index (χ0) is 25.9. The van der Waals surface area contributed by atoms with E-state index in [9.17, 15) is 9.59 Å². The van der Waals surface area contributed by atoms with Gasteiger partial charge < -0.3 is 24.4 Å². The lowest BCUT2D eigenvalue weighted by Crippen LogP contribution is -2.47. The molecule has 2 aromatic rings. The van der Waals surface area contributed by atoms with Crippen LogP contribution in [0.2, 0.25) is 0 Å². The van der Waals surface area contributed by atoms with Gasteiger partial charge in [-0.25, -0.2) is 0 Å². The molecule has 0 aromatic heterocycles. The molecule has 1 N–H and O–H groups in total. The summed E-state index contributed by atoms with van der Waals surface area (Å²) in [6.45, 7) is 0.315. The molecule has 0 aliphatic heterocycles. The van der Waals surface area contributed by atoms with E-state index in [4.69, 9.17) is 25.8 Å². The molecule has 8 heteroatoms. The fourth-order valence-corrected chi connectivity index (χ4v) is 4.88. The number of ether oxygens (including phenoxy) is 3. The largest absolute Gasteiger partial charge is 0.497 e. The lowest BCUT2D eigenvalue weighted by atomic mass is 10.0. The number of hydrogen-bond donors (Lipinski definition) is 1. The maximum Gasteiger partial charge on any atom is 0.247 e. The van der Waals surface area contributed by atoms with Gasteiger partial charge in [0, 0.05) is 12.6 Å². The van der Waals surface area contributed by atoms with Crippen molar-refractivity contribution in [1.82, 2.24) is 10.2 Å². The Bertz CT molecular complexity index is 990. The van der Waals surface area contributed by atoms with Crippen LogP contribution >= 0.6 is 11.6 Å². The molecule has 1 fully saturated rings. The number of methoxy groups -OCH3 is 3. The molecule has 196 valence electrons. The fourth-order valence-electron chi connectivity index (χ4n) is 4.72. The number of nitrogens with zero attached hydrogens (tertiary/aromatic N) is 1. The Labute approximate surface area is 219 Å². The van der Waals surface area contributed by atoms with Crippen molar-refractivity contribution in [2.45, 2.75) is 57.0 Å². The number of amides is 2. The van der Waals surface area contributed by atoms with Crippen LogP contribution in [0.3, 0.4) is 0 Å². The monoisotopic (exact) mass is 516 g/mol. The van der Waals surface area contributed by atoms with E-state index in [-0.39, 0.29) is 23.7 Å². The molecule has 1 saturated carbocycles. The van der Waals surface area contributed by atoms with Gasteiger partial charge in [-0.3, -0.25) is 9.59 Å². The molecule has 0 heterocycles. The van der Waals surface area contributed by atoms with Crippen molar-refractivity contribution >= 4 is 23.4 Å². The molecule has 2 aromatic carbocycles. The van der Waals surface area contributed by atoms with Crippen LogP contribution in [0.5, 0.6) is 17.2 Å². The van der Waals surface area contributed by atoms with Crippen LogP contribution in [0.1, 0.15) is 55.7 Å². The predicted molar refractivity (Wildman–Crippen MR) is 141 cm³/mol. The molecule has 7 nitrogen and oxygen atoms in total. The van der Waals surface area contributed by atoms with E-state index in [1.807, 2.05) is 30.3 Å². The maximum atomic E-state index is 13.7. The first-order valence-corrected chi connectivity index (χ1v) is 13.0. The van der Waals surface area contributed by atoms with Gasteiger partial charge in [-0.1, -0.05) is 43.9 Å². The Hall–Kier alpha value is -2.93. The second-order valence-electron chi connectivity index (χ2n) is 9.03. The van der Waals surface area contributed by atoms with Gasteiger partial charge in [-0.05, 0) is 54.7 Å². The van der Waals surface area contributed by atoms with Crippen LogP contribution in [0, 0.1) is 0 Å². The SMILES string of the molecule is COc1ccc(C(C(=O)NC2CCCCCC2)N(CCc2ccc(OC)c(OC)c2)C(=O)CCl)cc1. The third-order valence-corrected chi connectivity index (χ3v) is 6.95. The van der Waals surface area contributed by atoms with Crippen LogP contribution < -0.4 is 19.5 Å². The zero-order valence-electron chi connectivity index (χ0n) is 21.4. The van der Waals surface area contributed by atoms with E-state index in [0.29, 0.717) is 35.8 Å². The standard InChI is InChI=1S/C28H37ClN2O5/c1-34-23-13-11-21(12-14-23)27(28(33)30-22-8-6-4-5-7-9-22)31(26(32)19-29)17-16-20-10-15-24(35-2)25(18-20)36-3/h10-15,18,22,27H,4-9,16-17,19H2,1-3H3,(H,30,33). The second-order valence-corrected chi connectivity index (χ2v) is 9.30. The van der Waals surface area contributed by atoms with Gasteiger partial charge >= 0.3 is 0 Å². The summed E-state index contributed by atoms with van der Waals surface area (Å²) in [4.78, 5) is 28.4. The summed E-state index contributed by atoms with van der Waals surface area (Å²) in [5.74, 6) is 1.24. The Morgan fingerprint density at radius 2 is 1.61 bits per heavy atom. The van der Waals surface area contributed by atoms with Gasteiger partial charge in [0.05, 0.1) is 21.3 Å². The highest BCUT2D eigenvalue weighted by Gasteiger charge is 2.32. The van der Waals surface area contributed by atoms with Crippen molar-refractivity contribution < 1.29 is 23.8 Å². The Morgan fingerprint density at radius 1 is 0.944 bits per heavy atom. The smallest absolute Gasteiger partial charge is 0.247 e. The number of rotatable bonds is 11. The molecular formula is C28H37ClN2O5. The van der Waals surface area contributed by atoms with Crippen molar-refractivity contribution in [2.75, 3.05) is 33.8 Å². The number of halogens is 1. The lowest BCUT2D eigenvalue weighted by molar-refractivity contribution is -0.139. The third-order valence-electron chi connectivity index (χ3n) is 6.72. The molecule has 0 spiro atoms. The summed E-state index contributed by atoms with van der Waals surface area (Å²) in [5, 5.41) is 3.23. The molecular weight excluding hydrogens is 480 g/mol. The average Bonchev–Trinajstić information content (AvgIpc) is 3.19. The highest BCUT2D eigenvalue weighted by atomic mass is 35.5. The molecule has 0 saturated heterocycles. The van der Waals surface area contributed by atoms with Crippen molar-refractivity contribution in [1.29, 1.82) is 0 Å². The predicted octanol–water partition coefficient (Wildman–Crippen LogP) is 4.90. The van der Waals surface area contributed by atoms with Crippen molar-refractivity contribution in [2.24, 2.45) is 0 Å². The van der Waals surface area contributed by atoms with E-state index in [1.165, 1.54) is 12.8 Å². The molecule has 2 amide bonds. The van der Waals surface area contributed by atoms with E-state index in [0.717, 1.165) is 31.2 Å². The van der Waals surface area contributed by atoms with Crippen molar-refractivity contribution in [3.63, 3.8) is 0 Å². The molecule has 3 rings (SSSR count). The summed E-state index contributed by atoms with van der Waals surface area (Å²) in [5.41, 5.74) is 1.67. The summed E-state index contributed by atoms with van der Waals surface area (Å²) in [6, 6.07) is 12.2. The highest BCUT2D eigenvalue weighted by molar-refractivity contribution is 6.27. The van der Waals surface area contributed by atoms with E-state index in [2.05, 4.69) is 5.32 Å². The number of carbonyl (C=O) groups is 2. The zero-order valence-corrected chi connectivity index (χ0v) is 22.2. The van der Waals surface area contributed by atoms with Gasteiger partial charge in [0.25, 0.3) is 0 Å². The summed E-state index contributed by atoms with van der Waals surface area (Å²) < 4.78 is 16.0. The van der Waals surface area contributed by atoms with Gasteiger partial charge in [-0.15, -0.1) is 11.6 Å². The Morgan fingerprint density at radius 3 is 2.19 bits per heavy atom. The van der Waals surface area contributed by atoms with Crippen LogP contribution in [-0.2, 0) is 16.0 Å². The van der Waals surface area contributed by atoms with Crippen LogP contribution in [0.4, 0.5) is 0 Å². The third kappa shape index (κ3) is 7.29. The molecule has 0 radical (unpaired) electrons. The quantitative estimate of drug-likeness (QED) is 0.339. The topological polar surface area (TPSA) is 77.1 Å². The first-order valence-electron chi connectivity index (χ1n) is 12.5. The second kappa shape index (κ2) is 14.0. The molecule has 1 atom stereocenters.